The lowest BCUT2D eigenvalue weighted by molar-refractivity contribution is -0.120. The number of fused-ring (bicyclic) bond motifs is 2. The predicted octanol–water partition coefficient (Wildman–Crippen LogP) is 4.44. The zero-order chi connectivity index (χ0) is 24.2. The molecule has 1 aliphatic heterocycles. The lowest BCUT2D eigenvalue weighted by Gasteiger charge is -2.32. The molecule has 2 aliphatic rings. The topological polar surface area (TPSA) is 105 Å². The van der Waals surface area contributed by atoms with E-state index in [-0.39, 0.29) is 17.4 Å². The van der Waals surface area contributed by atoms with Gasteiger partial charge < -0.3 is 24.7 Å². The number of aromatic nitrogens is 3. The summed E-state index contributed by atoms with van der Waals surface area (Å²) < 4.78 is 11.8. The van der Waals surface area contributed by atoms with Crippen LogP contribution in [-0.2, 0) is 9.53 Å². The second-order valence-electron chi connectivity index (χ2n) is 9.70. The van der Waals surface area contributed by atoms with E-state index in [4.69, 9.17) is 14.1 Å². The van der Waals surface area contributed by atoms with Crippen molar-refractivity contribution in [2.24, 2.45) is 5.41 Å². The molecule has 0 spiro atoms. The molecule has 180 valence electrons. The molecule has 1 atom stereocenters. The zero-order valence-corrected chi connectivity index (χ0v) is 20.1. The maximum Gasteiger partial charge on any atom is 0.231 e. The summed E-state index contributed by atoms with van der Waals surface area (Å²) in [6.07, 6.45) is 5.47. The van der Waals surface area contributed by atoms with Crippen LogP contribution < -0.4 is 15.5 Å². The smallest absolute Gasteiger partial charge is 0.231 e. The normalized spacial score (nSPS) is 19.2. The Morgan fingerprint density at radius 1 is 1.17 bits per heavy atom. The van der Waals surface area contributed by atoms with Gasteiger partial charge in [-0.05, 0) is 44.0 Å². The van der Waals surface area contributed by atoms with Crippen LogP contribution >= 0.6 is 0 Å². The molecule has 3 aromatic heterocycles. The standard InChI is InChI=1S/C26H28N6O3/c1-15-14-32(8-9-34-15)16-4-5-21-20(10-16)30-24(35-21)19-13-29-23(27-3)18-12-28-22(11-17(18)19)31-25(33)26(2)6-7-26/h4-5,10-13,15H,6-9,14H2,1-3H3,(H,27,29)(H,28,31,33)/t15-/m0/s1. The zero-order valence-electron chi connectivity index (χ0n) is 20.1. The highest BCUT2D eigenvalue weighted by Crippen LogP contribution is 2.45. The van der Waals surface area contributed by atoms with Crippen LogP contribution in [0.4, 0.5) is 17.3 Å². The molecule has 1 aliphatic carbocycles. The average Bonchev–Trinajstić information content (AvgIpc) is 3.48. The number of anilines is 3. The van der Waals surface area contributed by atoms with E-state index in [0.717, 1.165) is 53.5 Å². The number of nitrogens with one attached hydrogen (secondary N) is 2. The Hall–Kier alpha value is -3.72. The maximum atomic E-state index is 12.6. The monoisotopic (exact) mass is 472 g/mol. The molecular formula is C26H28N6O3. The van der Waals surface area contributed by atoms with Crippen LogP contribution in [0.2, 0.25) is 0 Å². The number of ether oxygens (including phenoxy) is 1. The lowest BCUT2D eigenvalue weighted by atomic mass is 10.1. The molecule has 6 rings (SSSR count). The summed E-state index contributed by atoms with van der Waals surface area (Å²) in [6.45, 7) is 6.47. The summed E-state index contributed by atoms with van der Waals surface area (Å²) in [5.41, 5.74) is 3.05. The lowest BCUT2D eigenvalue weighted by Crippen LogP contribution is -2.41. The Morgan fingerprint density at radius 2 is 2.03 bits per heavy atom. The van der Waals surface area contributed by atoms with Crippen LogP contribution in [0, 0.1) is 5.41 Å². The molecule has 4 heterocycles. The summed E-state index contributed by atoms with van der Waals surface area (Å²) in [7, 11) is 1.82. The third-order valence-electron chi connectivity index (χ3n) is 7.01. The number of carbonyl (C=O) groups is 1. The fourth-order valence-electron chi connectivity index (χ4n) is 4.54. The quantitative estimate of drug-likeness (QED) is 0.439. The Kier molecular flexibility index (Phi) is 5.10. The number of hydrogen-bond acceptors (Lipinski definition) is 8. The van der Waals surface area contributed by atoms with E-state index in [1.807, 2.05) is 26.1 Å². The molecule has 9 heteroatoms. The predicted molar refractivity (Wildman–Crippen MR) is 136 cm³/mol. The van der Waals surface area contributed by atoms with Crippen molar-refractivity contribution in [3.63, 3.8) is 0 Å². The highest BCUT2D eigenvalue weighted by molar-refractivity contribution is 6.03. The second-order valence-corrected chi connectivity index (χ2v) is 9.70. The van der Waals surface area contributed by atoms with E-state index < -0.39 is 0 Å². The molecule has 2 fully saturated rings. The van der Waals surface area contributed by atoms with Crippen LogP contribution in [0.3, 0.4) is 0 Å². The van der Waals surface area contributed by atoms with Gasteiger partial charge in [0.05, 0.1) is 18.3 Å². The highest BCUT2D eigenvalue weighted by atomic mass is 16.5. The molecule has 0 unspecified atom stereocenters. The van der Waals surface area contributed by atoms with Gasteiger partial charge in [-0.2, -0.15) is 0 Å². The number of amides is 1. The maximum absolute atomic E-state index is 12.6. The molecular weight excluding hydrogens is 444 g/mol. The molecule has 0 radical (unpaired) electrons. The molecule has 9 nitrogen and oxygen atoms in total. The van der Waals surface area contributed by atoms with E-state index in [1.54, 1.807) is 12.4 Å². The molecule has 35 heavy (non-hydrogen) atoms. The fourth-order valence-corrected chi connectivity index (χ4v) is 4.54. The van der Waals surface area contributed by atoms with Crippen molar-refractivity contribution in [3.05, 3.63) is 36.7 Å². The first kappa shape index (κ1) is 21.8. The van der Waals surface area contributed by atoms with E-state index in [9.17, 15) is 4.79 Å². The number of carbonyl (C=O) groups excluding carboxylic acids is 1. The first-order valence-electron chi connectivity index (χ1n) is 12.0. The van der Waals surface area contributed by atoms with Crippen molar-refractivity contribution in [1.29, 1.82) is 0 Å². The van der Waals surface area contributed by atoms with Crippen LogP contribution in [0.5, 0.6) is 0 Å². The summed E-state index contributed by atoms with van der Waals surface area (Å²) in [5, 5.41) is 7.76. The van der Waals surface area contributed by atoms with Crippen molar-refractivity contribution in [2.75, 3.05) is 42.3 Å². The van der Waals surface area contributed by atoms with Gasteiger partial charge in [-0.1, -0.05) is 6.92 Å². The largest absolute Gasteiger partial charge is 0.436 e. The second kappa shape index (κ2) is 8.20. The van der Waals surface area contributed by atoms with Gasteiger partial charge in [-0.25, -0.2) is 15.0 Å². The third-order valence-corrected chi connectivity index (χ3v) is 7.01. The Labute approximate surface area is 202 Å². The number of morpholine rings is 1. The molecule has 0 bridgehead atoms. The minimum atomic E-state index is -0.288. The molecule has 2 N–H and O–H groups in total. The first-order chi connectivity index (χ1) is 16.9. The summed E-state index contributed by atoms with van der Waals surface area (Å²) >= 11 is 0. The Morgan fingerprint density at radius 3 is 2.80 bits per heavy atom. The van der Waals surface area contributed by atoms with Crippen molar-refractivity contribution < 1.29 is 13.9 Å². The van der Waals surface area contributed by atoms with Crippen LogP contribution in [0.1, 0.15) is 26.7 Å². The Bertz CT molecular complexity index is 1440. The van der Waals surface area contributed by atoms with E-state index in [1.165, 1.54) is 0 Å². The van der Waals surface area contributed by atoms with Crippen LogP contribution in [0.15, 0.2) is 41.1 Å². The Balaban J connectivity index is 1.40. The molecule has 1 saturated heterocycles. The average molecular weight is 473 g/mol. The molecule has 1 saturated carbocycles. The van der Waals surface area contributed by atoms with Crippen molar-refractivity contribution in [1.82, 2.24) is 15.0 Å². The minimum absolute atomic E-state index is 0.000573. The van der Waals surface area contributed by atoms with Gasteiger partial charge in [0.1, 0.15) is 17.2 Å². The van der Waals surface area contributed by atoms with Gasteiger partial charge in [-0.3, -0.25) is 4.79 Å². The SMILES string of the molecule is CNc1ncc(-c2nc3cc(N4CCO[C@@H](C)C4)ccc3o2)c2cc(NC(=O)C3(C)CC3)ncc12. The van der Waals surface area contributed by atoms with Gasteiger partial charge in [0.2, 0.25) is 11.8 Å². The van der Waals surface area contributed by atoms with Gasteiger partial charge >= 0.3 is 0 Å². The molecule has 1 aromatic carbocycles. The number of pyridine rings is 2. The summed E-state index contributed by atoms with van der Waals surface area (Å²) in [6, 6.07) is 7.95. The van der Waals surface area contributed by atoms with E-state index >= 15 is 0 Å². The van der Waals surface area contributed by atoms with E-state index in [0.29, 0.717) is 29.7 Å². The van der Waals surface area contributed by atoms with Crippen LogP contribution in [-0.4, -0.2) is 53.7 Å². The third kappa shape index (κ3) is 3.95. The fraction of sp³-hybridized carbons (Fsp3) is 0.385. The van der Waals surface area contributed by atoms with Gasteiger partial charge in [-0.15, -0.1) is 0 Å². The summed E-state index contributed by atoms with van der Waals surface area (Å²) in [5.74, 6) is 1.68. The minimum Gasteiger partial charge on any atom is -0.436 e. The highest BCUT2D eigenvalue weighted by Gasteiger charge is 2.45. The van der Waals surface area contributed by atoms with Crippen molar-refractivity contribution >= 4 is 45.1 Å². The number of nitrogens with zero attached hydrogens (tertiary/aromatic N) is 4. The molecule has 1 amide bonds. The van der Waals surface area contributed by atoms with E-state index in [2.05, 4.69) is 44.6 Å². The van der Waals surface area contributed by atoms with Crippen molar-refractivity contribution in [3.8, 4) is 11.5 Å². The van der Waals surface area contributed by atoms with Crippen molar-refractivity contribution in [2.45, 2.75) is 32.8 Å². The molecule has 4 aromatic rings. The van der Waals surface area contributed by atoms with Crippen LogP contribution in [0.25, 0.3) is 33.3 Å². The number of oxazole rings is 1. The van der Waals surface area contributed by atoms with Gasteiger partial charge in [0.25, 0.3) is 0 Å². The number of rotatable bonds is 5. The number of hydrogen-bond donors (Lipinski definition) is 2. The first-order valence-corrected chi connectivity index (χ1v) is 12.0. The van der Waals surface area contributed by atoms with Gasteiger partial charge in [0.15, 0.2) is 5.58 Å². The number of benzene rings is 1. The summed E-state index contributed by atoms with van der Waals surface area (Å²) in [4.78, 5) is 28.7. The van der Waals surface area contributed by atoms with Gasteiger partial charge in [0, 0.05) is 54.4 Å².